The van der Waals surface area contributed by atoms with Crippen LogP contribution in [0, 0.1) is 0 Å². The Morgan fingerprint density at radius 1 is 1.37 bits per heavy atom. The Balaban J connectivity index is 1.97. The zero-order valence-corrected chi connectivity index (χ0v) is 9.75. The molecule has 2 unspecified atom stereocenters. The van der Waals surface area contributed by atoms with Crippen molar-refractivity contribution in [3.63, 3.8) is 0 Å². The number of aliphatic hydroxyl groups is 3. The molecule has 2 aromatic heterocycles. The molecule has 4 atom stereocenters. The minimum Gasteiger partial charge on any atom is -0.394 e. The quantitative estimate of drug-likeness (QED) is 0.502. The highest BCUT2D eigenvalue weighted by molar-refractivity contribution is 5.81. The lowest BCUT2D eigenvalue weighted by molar-refractivity contribution is -0.0511. The maximum atomic E-state index is 10.0. The molecule has 102 valence electrons. The summed E-state index contributed by atoms with van der Waals surface area (Å²) in [6.45, 7) is -0.154. The van der Waals surface area contributed by atoms with E-state index < -0.39 is 24.5 Å². The third-order valence-electron chi connectivity index (χ3n) is 3.16. The molecular formula is C10H13N5O4. The predicted molar refractivity (Wildman–Crippen MR) is 62.7 cm³/mol. The van der Waals surface area contributed by atoms with Gasteiger partial charge >= 0.3 is 0 Å². The molecule has 19 heavy (non-hydrogen) atoms. The Kier molecular flexibility index (Phi) is 2.55. The van der Waals surface area contributed by atoms with Gasteiger partial charge in [0.15, 0.2) is 17.7 Å². The summed E-state index contributed by atoms with van der Waals surface area (Å²) in [6.07, 6.45) is -1.36. The van der Waals surface area contributed by atoms with Crippen LogP contribution in [0.5, 0.6) is 0 Å². The highest BCUT2D eigenvalue weighted by Crippen LogP contribution is 2.31. The van der Waals surface area contributed by atoms with Crippen molar-refractivity contribution in [2.75, 3.05) is 12.3 Å². The minimum atomic E-state index is -1.19. The largest absolute Gasteiger partial charge is 0.394 e. The molecule has 3 rings (SSSR count). The van der Waals surface area contributed by atoms with Crippen molar-refractivity contribution in [3.05, 3.63) is 12.7 Å². The van der Waals surface area contributed by atoms with Crippen LogP contribution in [0.15, 0.2) is 12.7 Å². The van der Waals surface area contributed by atoms with Crippen LogP contribution >= 0.6 is 0 Å². The monoisotopic (exact) mass is 268 g/mol. The smallest absolute Gasteiger partial charge is 0.210 e. The number of nitrogen functional groups attached to an aromatic ring is 1. The Bertz CT molecular complexity index is 623. The molecule has 1 saturated heterocycles. The number of imidazole rings is 1. The Morgan fingerprint density at radius 3 is 3.00 bits per heavy atom. The van der Waals surface area contributed by atoms with Crippen LogP contribution in [0.4, 0.5) is 5.82 Å². The summed E-state index contributed by atoms with van der Waals surface area (Å²) >= 11 is 0. The average molecular weight is 268 g/mol. The van der Waals surface area contributed by atoms with Crippen LogP contribution in [0.2, 0.25) is 0 Å². The second-order valence-electron chi connectivity index (χ2n) is 4.30. The summed E-state index contributed by atoms with van der Waals surface area (Å²) in [7, 11) is 0. The highest BCUT2D eigenvalue weighted by Gasteiger charge is 2.43. The van der Waals surface area contributed by atoms with E-state index in [9.17, 15) is 10.2 Å². The maximum absolute atomic E-state index is 10.0. The molecule has 9 nitrogen and oxygen atoms in total. The molecule has 2 aromatic rings. The van der Waals surface area contributed by atoms with Crippen LogP contribution in [0.25, 0.3) is 11.2 Å². The van der Waals surface area contributed by atoms with E-state index in [1.807, 2.05) is 0 Å². The molecule has 0 radical (unpaired) electrons. The standard InChI is InChI=1S/C10H13N5O4/c11-8-5-9(13-2-12-8)15(3-14-5)10-7(18)6(17)4(1-16)19-10/h2-4,6-7,10,16-18H,1H2,(H2,11,12,13)/t4-,6?,7?,10-/m1/s1/i16D. The minimum absolute atomic E-state index is 0.154. The van der Waals surface area contributed by atoms with E-state index in [-0.39, 0.29) is 12.4 Å². The van der Waals surface area contributed by atoms with Crippen LogP contribution in [-0.4, -0.2) is 61.2 Å². The fourth-order valence-corrected chi connectivity index (χ4v) is 2.15. The second kappa shape index (κ2) is 4.38. The molecule has 1 aliphatic heterocycles. The van der Waals surface area contributed by atoms with E-state index in [4.69, 9.17) is 11.9 Å². The summed E-state index contributed by atoms with van der Waals surface area (Å²) in [4.78, 5) is 11.9. The van der Waals surface area contributed by atoms with E-state index in [0.717, 1.165) is 0 Å². The molecule has 0 aliphatic carbocycles. The molecule has 0 saturated carbocycles. The van der Waals surface area contributed by atoms with Crippen LogP contribution < -0.4 is 5.73 Å². The number of nitrogens with two attached hydrogens (primary N) is 1. The zero-order chi connectivity index (χ0) is 14.3. The molecule has 0 amide bonds. The number of aliphatic hydroxyl groups excluding tert-OH is 3. The lowest BCUT2D eigenvalue weighted by Gasteiger charge is -2.16. The highest BCUT2D eigenvalue weighted by atomic mass is 16.6. The summed E-state index contributed by atoms with van der Waals surface area (Å²) in [5, 5.41) is 24.1. The number of rotatable bonds is 3. The van der Waals surface area contributed by atoms with Crippen LogP contribution in [0.1, 0.15) is 6.23 Å². The third-order valence-corrected chi connectivity index (χ3v) is 3.16. The first-order chi connectivity index (χ1) is 9.63. The van der Waals surface area contributed by atoms with Gasteiger partial charge in [-0.05, 0) is 0 Å². The fraction of sp³-hybridized carbons (Fsp3) is 0.500. The van der Waals surface area contributed by atoms with Gasteiger partial charge in [-0.25, -0.2) is 15.0 Å². The Labute approximate surface area is 108 Å². The first-order valence-electron chi connectivity index (χ1n) is 6.07. The lowest BCUT2D eigenvalue weighted by Crippen LogP contribution is -2.33. The van der Waals surface area contributed by atoms with Gasteiger partial charge in [-0.15, -0.1) is 0 Å². The third kappa shape index (κ3) is 1.75. The first kappa shape index (κ1) is 11.1. The molecule has 0 aromatic carbocycles. The van der Waals surface area contributed by atoms with Gasteiger partial charge in [0, 0.05) is 0 Å². The van der Waals surface area contributed by atoms with Gasteiger partial charge < -0.3 is 25.8 Å². The van der Waals surface area contributed by atoms with Crippen molar-refractivity contribution in [1.82, 2.24) is 19.5 Å². The summed E-state index contributed by atoms with van der Waals surface area (Å²) in [6, 6.07) is 0. The normalized spacial score (nSPS) is 31.8. The van der Waals surface area contributed by atoms with Gasteiger partial charge in [-0.2, -0.15) is 0 Å². The molecule has 5 N–H and O–H groups in total. The van der Waals surface area contributed by atoms with E-state index in [2.05, 4.69) is 20.1 Å². The second-order valence-corrected chi connectivity index (χ2v) is 4.30. The summed E-state index contributed by atoms with van der Waals surface area (Å²) in [5.41, 5.74) is 6.46. The lowest BCUT2D eigenvalue weighted by atomic mass is 10.1. The SMILES string of the molecule is [2H]OC[C@H]1O[C@@H](n2cnc3c(N)ncnc32)C(O)C1O. The van der Waals surface area contributed by atoms with Gasteiger partial charge in [0.05, 0.1) is 12.9 Å². The van der Waals surface area contributed by atoms with E-state index in [0.29, 0.717) is 11.2 Å². The van der Waals surface area contributed by atoms with Crippen molar-refractivity contribution in [1.29, 1.82) is 1.43 Å². The maximum Gasteiger partial charge on any atom is 0.210 e. The van der Waals surface area contributed by atoms with E-state index in [1.165, 1.54) is 17.2 Å². The number of aromatic nitrogens is 4. The molecule has 1 fully saturated rings. The number of anilines is 1. The van der Waals surface area contributed by atoms with Crippen molar-refractivity contribution >= 4 is 17.0 Å². The van der Waals surface area contributed by atoms with Crippen molar-refractivity contribution in [3.8, 4) is 0 Å². The van der Waals surface area contributed by atoms with Crippen LogP contribution in [-0.2, 0) is 4.74 Å². The number of nitrogens with zero attached hydrogens (tertiary/aromatic N) is 4. The number of fused-ring (bicyclic) bond motifs is 1. The Hall–Kier alpha value is -1.81. The number of ether oxygens (including phenoxy) is 1. The topological polar surface area (TPSA) is 140 Å². The van der Waals surface area contributed by atoms with Gasteiger partial charge in [0.25, 0.3) is 0 Å². The van der Waals surface area contributed by atoms with Crippen molar-refractivity contribution in [2.45, 2.75) is 24.5 Å². The molecule has 0 spiro atoms. The van der Waals surface area contributed by atoms with Gasteiger partial charge in [0.2, 0.25) is 1.43 Å². The van der Waals surface area contributed by atoms with Gasteiger partial charge in [-0.3, -0.25) is 4.57 Å². The average Bonchev–Trinajstić information content (AvgIpc) is 2.97. The molecule has 0 bridgehead atoms. The zero-order valence-electron chi connectivity index (χ0n) is 10.7. The van der Waals surface area contributed by atoms with E-state index >= 15 is 0 Å². The number of hydrogen-bond donors (Lipinski definition) is 4. The summed E-state index contributed by atoms with van der Waals surface area (Å²) < 4.78 is 13.7. The van der Waals surface area contributed by atoms with E-state index in [1.54, 1.807) is 0 Å². The number of hydrogen-bond acceptors (Lipinski definition) is 8. The van der Waals surface area contributed by atoms with Gasteiger partial charge in [0.1, 0.15) is 30.2 Å². The molecule has 9 heteroatoms. The Morgan fingerprint density at radius 2 is 2.21 bits per heavy atom. The summed E-state index contributed by atoms with van der Waals surface area (Å²) in [5.74, 6) is 0.216. The van der Waals surface area contributed by atoms with Crippen molar-refractivity contribution < 1.29 is 20.1 Å². The first-order valence-corrected chi connectivity index (χ1v) is 5.66. The molecular weight excluding hydrogens is 254 g/mol. The van der Waals surface area contributed by atoms with Crippen molar-refractivity contribution in [2.24, 2.45) is 0 Å². The van der Waals surface area contributed by atoms with Gasteiger partial charge in [-0.1, -0.05) is 0 Å². The predicted octanol–water partition coefficient (Wildman–Crippen LogP) is -1.98. The molecule has 3 heterocycles. The van der Waals surface area contributed by atoms with Crippen LogP contribution in [0.3, 0.4) is 0 Å². The fourth-order valence-electron chi connectivity index (χ4n) is 2.15. The molecule has 1 aliphatic rings.